The van der Waals surface area contributed by atoms with Gasteiger partial charge in [-0.05, 0) is 36.2 Å². The van der Waals surface area contributed by atoms with Crippen molar-refractivity contribution in [3.05, 3.63) is 72.3 Å². The van der Waals surface area contributed by atoms with Crippen LogP contribution < -0.4 is 15.1 Å². The Morgan fingerprint density at radius 3 is 2.54 bits per heavy atom. The lowest BCUT2D eigenvalue weighted by Crippen LogP contribution is -2.50. The summed E-state index contributed by atoms with van der Waals surface area (Å²) in [6.45, 7) is 3.11. The Kier molecular flexibility index (Phi) is 6.59. The number of hydrogen-bond acceptors (Lipinski definition) is 6. The van der Waals surface area contributed by atoms with Crippen molar-refractivity contribution in [3.63, 3.8) is 0 Å². The smallest absolute Gasteiger partial charge is 0.250 e. The van der Waals surface area contributed by atoms with Crippen molar-refractivity contribution in [1.29, 1.82) is 0 Å². The molecule has 2 atom stereocenters. The Morgan fingerprint density at radius 2 is 1.80 bits per heavy atom. The van der Waals surface area contributed by atoms with Gasteiger partial charge in [-0.1, -0.05) is 24.3 Å². The number of ether oxygens (including phenoxy) is 1. The normalized spacial score (nSPS) is 21.9. The third kappa shape index (κ3) is 4.81. The second-order valence-corrected chi connectivity index (χ2v) is 9.01. The van der Waals surface area contributed by atoms with Crippen LogP contribution in [0.1, 0.15) is 24.4 Å². The van der Waals surface area contributed by atoms with Gasteiger partial charge in [0.15, 0.2) is 0 Å². The zero-order chi connectivity index (χ0) is 24.4. The van der Waals surface area contributed by atoms with Gasteiger partial charge in [-0.3, -0.25) is 9.59 Å². The zero-order valence-electron chi connectivity index (χ0n) is 19.8. The van der Waals surface area contributed by atoms with Gasteiger partial charge < -0.3 is 24.4 Å². The van der Waals surface area contributed by atoms with Gasteiger partial charge in [0.2, 0.25) is 5.91 Å². The van der Waals surface area contributed by atoms with E-state index in [1.807, 2.05) is 40.4 Å². The first-order valence-electron chi connectivity index (χ1n) is 12.0. The molecular weight excluding hydrogens is 449 g/mol. The van der Waals surface area contributed by atoms with Crippen LogP contribution in [-0.4, -0.2) is 72.5 Å². The second kappa shape index (κ2) is 9.95. The molecule has 2 saturated heterocycles. The van der Waals surface area contributed by atoms with Crippen molar-refractivity contribution in [2.75, 3.05) is 44.7 Å². The van der Waals surface area contributed by atoms with E-state index in [-0.39, 0.29) is 36.1 Å². The number of anilines is 1. The average molecular weight is 480 g/mol. The fourth-order valence-corrected chi connectivity index (χ4v) is 5.00. The Balaban J connectivity index is 1.12. The number of nitrogens with one attached hydrogen (secondary N) is 1. The summed E-state index contributed by atoms with van der Waals surface area (Å²) in [4.78, 5) is 31.7. The van der Waals surface area contributed by atoms with Gasteiger partial charge in [-0.2, -0.15) is 0 Å². The first kappa shape index (κ1) is 23.2. The van der Waals surface area contributed by atoms with E-state index in [0.29, 0.717) is 26.1 Å². The molecule has 0 spiro atoms. The Morgan fingerprint density at radius 1 is 1.06 bits per heavy atom. The molecule has 8 nitrogen and oxygen atoms in total. The fraction of sp³-hybridized carbons (Fsp3) is 0.385. The zero-order valence-corrected chi connectivity index (χ0v) is 19.8. The van der Waals surface area contributed by atoms with E-state index in [1.165, 1.54) is 12.1 Å². The molecule has 0 aromatic heterocycles. The molecule has 0 saturated carbocycles. The molecule has 1 N–H and O–H groups in total. The number of rotatable bonds is 6. The van der Waals surface area contributed by atoms with Gasteiger partial charge in [-0.25, -0.2) is 9.82 Å². The van der Waals surface area contributed by atoms with Crippen LogP contribution in [0.2, 0.25) is 0 Å². The number of benzene rings is 2. The van der Waals surface area contributed by atoms with Crippen molar-refractivity contribution < 1.29 is 18.7 Å². The highest BCUT2D eigenvalue weighted by Gasteiger charge is 2.40. The molecule has 5 rings (SSSR count). The first-order valence-corrected chi connectivity index (χ1v) is 12.0. The summed E-state index contributed by atoms with van der Waals surface area (Å²) >= 11 is 0. The van der Waals surface area contributed by atoms with Crippen molar-refractivity contribution in [1.82, 2.24) is 20.2 Å². The highest BCUT2D eigenvalue weighted by atomic mass is 19.1. The van der Waals surface area contributed by atoms with Crippen molar-refractivity contribution in [3.8, 4) is 5.75 Å². The maximum atomic E-state index is 13.3. The molecular formula is C26H30FN5O3. The van der Waals surface area contributed by atoms with Gasteiger partial charge in [0.05, 0.1) is 18.8 Å². The van der Waals surface area contributed by atoms with Gasteiger partial charge in [0, 0.05) is 51.5 Å². The molecule has 3 heterocycles. The molecule has 2 amide bonds. The number of methoxy groups -OCH3 is 1. The van der Waals surface area contributed by atoms with E-state index in [9.17, 15) is 14.0 Å². The Bertz CT molecular complexity index is 1100. The van der Waals surface area contributed by atoms with E-state index >= 15 is 0 Å². The van der Waals surface area contributed by atoms with Crippen LogP contribution in [0.4, 0.5) is 10.1 Å². The number of carbonyl (C=O) groups is 2. The van der Waals surface area contributed by atoms with Gasteiger partial charge >= 0.3 is 0 Å². The molecule has 0 radical (unpaired) electrons. The minimum Gasteiger partial charge on any atom is -0.495 e. The second-order valence-electron chi connectivity index (χ2n) is 9.01. The van der Waals surface area contributed by atoms with Crippen molar-refractivity contribution in [2.45, 2.75) is 24.9 Å². The SMILES string of the molecule is COc1ccccc1N1CCN(C(=O)CCN2C=CN3NC(c4ccc(F)cc4)CC3C2=O)CC1. The van der Waals surface area contributed by atoms with Gasteiger partial charge in [0.1, 0.15) is 17.6 Å². The number of fused-ring (bicyclic) bond motifs is 1. The van der Waals surface area contributed by atoms with Crippen molar-refractivity contribution >= 4 is 17.5 Å². The highest BCUT2D eigenvalue weighted by Crippen LogP contribution is 2.31. The van der Waals surface area contributed by atoms with E-state index < -0.39 is 0 Å². The number of nitrogens with zero attached hydrogens (tertiary/aromatic N) is 4. The maximum absolute atomic E-state index is 13.3. The quantitative estimate of drug-likeness (QED) is 0.687. The Hall–Kier alpha value is -3.59. The fourth-order valence-electron chi connectivity index (χ4n) is 5.00. The molecule has 2 unspecified atom stereocenters. The molecule has 9 heteroatoms. The molecule has 2 fully saturated rings. The predicted octanol–water partition coefficient (Wildman–Crippen LogP) is 2.51. The molecule has 2 aromatic rings. The van der Waals surface area contributed by atoms with Gasteiger partial charge in [-0.15, -0.1) is 0 Å². The molecule has 0 aliphatic carbocycles. The van der Waals surface area contributed by atoms with Gasteiger partial charge in [0.25, 0.3) is 5.91 Å². The standard InChI is InChI=1S/C26H30FN5O3/c1-35-24-5-3-2-4-22(24)29-12-14-30(15-13-29)25(33)10-11-31-16-17-32-23(26(31)34)18-21(28-32)19-6-8-20(27)9-7-19/h2-9,16-17,21,23,28H,10-15,18H2,1H3. The topological polar surface area (TPSA) is 68.4 Å². The molecule has 35 heavy (non-hydrogen) atoms. The minimum atomic E-state index is -0.338. The third-order valence-electron chi connectivity index (χ3n) is 6.97. The Labute approximate surface area is 204 Å². The van der Waals surface area contributed by atoms with Crippen LogP contribution >= 0.6 is 0 Å². The van der Waals surface area contributed by atoms with Crippen LogP contribution in [0, 0.1) is 5.82 Å². The summed E-state index contributed by atoms with van der Waals surface area (Å²) in [5, 5.41) is 1.81. The minimum absolute atomic E-state index is 0.0293. The molecule has 2 aromatic carbocycles. The van der Waals surface area contributed by atoms with Crippen LogP contribution in [0.25, 0.3) is 0 Å². The number of piperazine rings is 1. The van der Waals surface area contributed by atoms with Crippen LogP contribution in [0.15, 0.2) is 60.9 Å². The van der Waals surface area contributed by atoms with E-state index in [4.69, 9.17) is 4.74 Å². The number of amides is 2. The summed E-state index contributed by atoms with van der Waals surface area (Å²) in [5.74, 6) is 0.581. The third-order valence-corrected chi connectivity index (χ3v) is 6.97. The van der Waals surface area contributed by atoms with Crippen molar-refractivity contribution in [2.24, 2.45) is 0 Å². The largest absolute Gasteiger partial charge is 0.495 e. The molecule has 3 aliphatic heterocycles. The lowest BCUT2D eigenvalue weighted by molar-refractivity contribution is -0.136. The number of hydrazine groups is 1. The highest BCUT2D eigenvalue weighted by molar-refractivity contribution is 5.85. The molecule has 0 bridgehead atoms. The average Bonchev–Trinajstić information content (AvgIpc) is 3.34. The summed E-state index contributed by atoms with van der Waals surface area (Å²) in [6, 6.07) is 13.9. The summed E-state index contributed by atoms with van der Waals surface area (Å²) in [6.07, 6.45) is 4.44. The maximum Gasteiger partial charge on any atom is 0.250 e. The lowest BCUT2D eigenvalue weighted by Gasteiger charge is -2.37. The van der Waals surface area contributed by atoms with E-state index in [0.717, 1.165) is 30.1 Å². The van der Waals surface area contributed by atoms with Crippen LogP contribution in [0.5, 0.6) is 5.75 Å². The van der Waals surface area contributed by atoms with E-state index in [2.05, 4.69) is 10.3 Å². The monoisotopic (exact) mass is 479 g/mol. The predicted molar refractivity (Wildman–Crippen MR) is 130 cm³/mol. The van der Waals surface area contributed by atoms with E-state index in [1.54, 1.807) is 30.3 Å². The summed E-state index contributed by atoms with van der Waals surface area (Å²) < 4.78 is 18.7. The molecule has 184 valence electrons. The lowest BCUT2D eigenvalue weighted by atomic mass is 10.0. The number of carbonyl (C=O) groups excluding carboxylic acids is 2. The molecule has 3 aliphatic rings. The number of para-hydroxylation sites is 2. The number of halogens is 1. The first-order chi connectivity index (χ1) is 17.0. The van der Waals surface area contributed by atoms with Crippen LogP contribution in [-0.2, 0) is 9.59 Å². The number of hydrogen-bond donors (Lipinski definition) is 1. The summed E-state index contributed by atoms with van der Waals surface area (Å²) in [5.41, 5.74) is 5.29. The summed E-state index contributed by atoms with van der Waals surface area (Å²) in [7, 11) is 1.67. The van der Waals surface area contributed by atoms with Crippen LogP contribution in [0.3, 0.4) is 0 Å².